The lowest BCUT2D eigenvalue weighted by Crippen LogP contribution is -2.27. The molecule has 0 saturated carbocycles. The number of rotatable bonds is 1. The highest BCUT2D eigenvalue weighted by Crippen LogP contribution is 2.27. The van der Waals surface area contributed by atoms with Gasteiger partial charge in [0.1, 0.15) is 5.75 Å². The number of phenolic OH excluding ortho intramolecular Hbond substituents is 1. The zero-order valence-corrected chi connectivity index (χ0v) is 9.62. The van der Waals surface area contributed by atoms with Crippen molar-refractivity contribution in [3.8, 4) is 5.75 Å². The first-order valence-electron chi connectivity index (χ1n) is 5.03. The van der Waals surface area contributed by atoms with E-state index >= 15 is 0 Å². The van der Waals surface area contributed by atoms with Crippen LogP contribution in [0, 0.1) is 6.92 Å². The number of aryl methyl sites for hydroxylation is 1. The Hall–Kier alpha value is -1.26. The number of phenols is 1. The molecule has 0 radical (unpaired) electrons. The molecular formula is C11H12ClNO3. The lowest BCUT2D eigenvalue weighted by molar-refractivity contribution is -0.0768. The minimum Gasteiger partial charge on any atom is -0.506 e. The van der Waals surface area contributed by atoms with Gasteiger partial charge in [0.15, 0.2) is 0 Å². The molecule has 2 rings (SSSR count). The Morgan fingerprint density at radius 3 is 2.94 bits per heavy atom. The lowest BCUT2D eigenvalue weighted by Gasteiger charge is -2.15. The SMILES string of the molecule is Cc1cc(O)c(Cl)cc1C(=O)N1CCCO1. The van der Waals surface area contributed by atoms with Crippen LogP contribution >= 0.6 is 11.6 Å². The molecule has 1 saturated heterocycles. The molecule has 1 N–H and O–H groups in total. The van der Waals surface area contributed by atoms with Crippen LogP contribution in [0.2, 0.25) is 5.02 Å². The monoisotopic (exact) mass is 241 g/mol. The molecule has 4 nitrogen and oxygen atoms in total. The maximum atomic E-state index is 12.0. The molecule has 1 fully saturated rings. The van der Waals surface area contributed by atoms with E-state index in [1.165, 1.54) is 17.2 Å². The second-order valence-corrected chi connectivity index (χ2v) is 4.12. The number of amides is 1. The van der Waals surface area contributed by atoms with Gasteiger partial charge in [-0.2, -0.15) is 0 Å². The number of halogens is 1. The van der Waals surface area contributed by atoms with Gasteiger partial charge >= 0.3 is 0 Å². The van der Waals surface area contributed by atoms with Gasteiger partial charge in [0.25, 0.3) is 5.91 Å². The summed E-state index contributed by atoms with van der Waals surface area (Å²) in [6.07, 6.45) is 0.844. The molecule has 1 heterocycles. The molecule has 0 aliphatic carbocycles. The van der Waals surface area contributed by atoms with Crippen LogP contribution in [0.3, 0.4) is 0 Å². The first-order valence-corrected chi connectivity index (χ1v) is 5.41. The van der Waals surface area contributed by atoms with Crippen LogP contribution in [0.1, 0.15) is 22.3 Å². The van der Waals surface area contributed by atoms with Gasteiger partial charge in [0, 0.05) is 5.56 Å². The highest BCUT2D eigenvalue weighted by atomic mass is 35.5. The summed E-state index contributed by atoms with van der Waals surface area (Å²) in [4.78, 5) is 17.2. The maximum Gasteiger partial charge on any atom is 0.277 e. The maximum absolute atomic E-state index is 12.0. The van der Waals surface area contributed by atoms with Gasteiger partial charge in [-0.3, -0.25) is 9.63 Å². The van der Waals surface area contributed by atoms with E-state index < -0.39 is 0 Å². The Balaban J connectivity index is 2.32. The fraction of sp³-hybridized carbons (Fsp3) is 0.364. The van der Waals surface area contributed by atoms with Crippen LogP contribution in [-0.4, -0.2) is 29.2 Å². The fourth-order valence-electron chi connectivity index (χ4n) is 1.64. The topological polar surface area (TPSA) is 49.8 Å². The number of carbonyl (C=O) groups excluding carboxylic acids is 1. The van der Waals surface area contributed by atoms with Gasteiger partial charge in [-0.25, -0.2) is 5.06 Å². The average Bonchev–Trinajstić information content (AvgIpc) is 2.75. The summed E-state index contributed by atoms with van der Waals surface area (Å²) in [5, 5.41) is 10.9. The largest absolute Gasteiger partial charge is 0.506 e. The van der Waals surface area contributed by atoms with E-state index in [-0.39, 0.29) is 16.7 Å². The molecule has 1 aliphatic heterocycles. The number of benzene rings is 1. The van der Waals surface area contributed by atoms with Gasteiger partial charge in [-0.15, -0.1) is 0 Å². The van der Waals surface area contributed by atoms with Crippen molar-refractivity contribution in [2.24, 2.45) is 0 Å². The molecule has 0 bridgehead atoms. The van der Waals surface area contributed by atoms with Gasteiger partial charge in [0.05, 0.1) is 18.2 Å². The van der Waals surface area contributed by atoms with Crippen LogP contribution in [0.25, 0.3) is 0 Å². The van der Waals surface area contributed by atoms with Crippen LogP contribution in [0.4, 0.5) is 0 Å². The minimum absolute atomic E-state index is 0.0157. The van der Waals surface area contributed by atoms with Crippen LogP contribution in [0.5, 0.6) is 5.75 Å². The third-order valence-corrected chi connectivity index (χ3v) is 2.81. The number of aromatic hydroxyl groups is 1. The molecular weight excluding hydrogens is 230 g/mol. The first-order chi connectivity index (χ1) is 7.59. The first kappa shape index (κ1) is 11.2. The Morgan fingerprint density at radius 1 is 1.56 bits per heavy atom. The van der Waals surface area contributed by atoms with E-state index in [1.54, 1.807) is 6.92 Å². The quantitative estimate of drug-likeness (QED) is 0.820. The highest BCUT2D eigenvalue weighted by Gasteiger charge is 2.23. The van der Waals surface area contributed by atoms with E-state index in [9.17, 15) is 9.90 Å². The van der Waals surface area contributed by atoms with Gasteiger partial charge in [-0.1, -0.05) is 11.6 Å². The number of hydrogen-bond acceptors (Lipinski definition) is 3. The van der Waals surface area contributed by atoms with Crippen LogP contribution in [0.15, 0.2) is 12.1 Å². The summed E-state index contributed by atoms with van der Waals surface area (Å²) in [7, 11) is 0. The molecule has 0 atom stereocenters. The second kappa shape index (κ2) is 4.31. The smallest absolute Gasteiger partial charge is 0.277 e. The molecule has 0 unspecified atom stereocenters. The Bertz CT molecular complexity index is 427. The predicted octanol–water partition coefficient (Wildman–Crippen LogP) is 2.13. The van der Waals surface area contributed by atoms with Gasteiger partial charge < -0.3 is 5.11 Å². The van der Waals surface area contributed by atoms with Crippen molar-refractivity contribution >= 4 is 17.5 Å². The molecule has 1 aromatic rings. The minimum atomic E-state index is -0.211. The number of hydrogen-bond donors (Lipinski definition) is 1. The highest BCUT2D eigenvalue weighted by molar-refractivity contribution is 6.32. The lowest BCUT2D eigenvalue weighted by atomic mass is 10.1. The Morgan fingerprint density at radius 2 is 2.31 bits per heavy atom. The van der Waals surface area contributed by atoms with Crippen molar-refractivity contribution < 1.29 is 14.7 Å². The van der Waals surface area contributed by atoms with E-state index in [1.807, 2.05) is 0 Å². The van der Waals surface area contributed by atoms with Crippen molar-refractivity contribution in [2.75, 3.05) is 13.2 Å². The van der Waals surface area contributed by atoms with Crippen LogP contribution < -0.4 is 0 Å². The second-order valence-electron chi connectivity index (χ2n) is 3.71. The number of carbonyl (C=O) groups is 1. The summed E-state index contributed by atoms with van der Waals surface area (Å²) >= 11 is 5.78. The third-order valence-electron chi connectivity index (χ3n) is 2.50. The normalized spacial score (nSPS) is 15.5. The average molecular weight is 242 g/mol. The Labute approximate surface area is 98.3 Å². The fourth-order valence-corrected chi connectivity index (χ4v) is 1.80. The summed E-state index contributed by atoms with van der Waals surface area (Å²) in [6.45, 7) is 2.91. The molecule has 0 spiro atoms. The summed E-state index contributed by atoms with van der Waals surface area (Å²) in [5.74, 6) is -0.227. The zero-order chi connectivity index (χ0) is 11.7. The van der Waals surface area contributed by atoms with Crippen molar-refractivity contribution in [1.82, 2.24) is 5.06 Å². The molecule has 86 valence electrons. The van der Waals surface area contributed by atoms with E-state index in [0.29, 0.717) is 24.3 Å². The van der Waals surface area contributed by atoms with Crippen molar-refractivity contribution in [3.05, 3.63) is 28.3 Å². The van der Waals surface area contributed by atoms with E-state index in [4.69, 9.17) is 16.4 Å². The zero-order valence-electron chi connectivity index (χ0n) is 8.86. The molecule has 1 aromatic carbocycles. The van der Waals surface area contributed by atoms with Crippen molar-refractivity contribution in [1.29, 1.82) is 0 Å². The number of nitrogens with zero attached hydrogens (tertiary/aromatic N) is 1. The summed E-state index contributed by atoms with van der Waals surface area (Å²) in [6, 6.07) is 2.95. The van der Waals surface area contributed by atoms with E-state index in [0.717, 1.165) is 6.42 Å². The standard InChI is InChI=1S/C11H12ClNO3/c1-7-5-10(14)9(12)6-8(7)11(15)13-3-2-4-16-13/h5-6,14H,2-4H2,1H3. The molecule has 1 amide bonds. The van der Waals surface area contributed by atoms with E-state index in [2.05, 4.69) is 0 Å². The number of hydroxylamine groups is 2. The molecule has 0 aromatic heterocycles. The Kier molecular flexibility index (Phi) is 3.03. The summed E-state index contributed by atoms with van der Waals surface area (Å²) in [5.41, 5.74) is 1.15. The van der Waals surface area contributed by atoms with Crippen molar-refractivity contribution in [3.63, 3.8) is 0 Å². The molecule has 5 heteroatoms. The van der Waals surface area contributed by atoms with Crippen molar-refractivity contribution in [2.45, 2.75) is 13.3 Å². The van der Waals surface area contributed by atoms with Gasteiger partial charge in [-0.05, 0) is 31.0 Å². The summed E-state index contributed by atoms with van der Waals surface area (Å²) < 4.78 is 0. The predicted molar refractivity (Wildman–Crippen MR) is 59.5 cm³/mol. The van der Waals surface area contributed by atoms with Gasteiger partial charge in [0.2, 0.25) is 0 Å². The molecule has 16 heavy (non-hydrogen) atoms. The van der Waals surface area contributed by atoms with Crippen LogP contribution in [-0.2, 0) is 4.84 Å². The third kappa shape index (κ3) is 1.99. The molecule has 1 aliphatic rings.